The van der Waals surface area contributed by atoms with Crippen LogP contribution in [0.15, 0.2) is 12.2 Å². The van der Waals surface area contributed by atoms with E-state index in [-0.39, 0.29) is 61.2 Å². The number of quaternary nitrogens is 2. The lowest BCUT2D eigenvalue weighted by molar-refractivity contribution is -0.883. The van der Waals surface area contributed by atoms with Crippen LogP contribution in [0.25, 0.3) is 0 Å². The second kappa shape index (κ2) is 26.0. The summed E-state index contributed by atoms with van der Waals surface area (Å²) in [5.74, 6) is -1.80. The molecular formula is C35H64N2O10+2. The van der Waals surface area contributed by atoms with Crippen LogP contribution in [-0.4, -0.2) is 119 Å². The summed E-state index contributed by atoms with van der Waals surface area (Å²) >= 11 is 0. The Labute approximate surface area is 283 Å². The van der Waals surface area contributed by atoms with Crippen molar-refractivity contribution < 1.29 is 56.6 Å². The predicted molar refractivity (Wildman–Crippen MR) is 179 cm³/mol. The molecule has 0 heterocycles. The van der Waals surface area contributed by atoms with Crippen molar-refractivity contribution in [2.45, 2.75) is 110 Å². The number of likely N-dealkylation sites (N-methyl/N-ethyl adjacent to an activating group) is 2. The lowest BCUT2D eigenvalue weighted by Crippen LogP contribution is -2.47. The maximum absolute atomic E-state index is 12.7. The molecule has 0 aliphatic rings. The number of hydrogen-bond acceptors (Lipinski definition) is 10. The Kier molecular flexibility index (Phi) is 24.4. The number of nitrogens with zero attached hydrogens (tertiary/aromatic N) is 2. The van der Waals surface area contributed by atoms with Crippen LogP contribution in [0.3, 0.4) is 0 Å². The van der Waals surface area contributed by atoms with Crippen LogP contribution in [0, 0.1) is 0 Å². The standard InChI is InChI=1S/C35H64N2O10/c1-8-9-10-17-20-32(47-35(42)28-37(6,7)24-26-44-31(3)39)21-18-15-13-11-12-14-16-19-22-33(40)45-29-46-34(41)27-36(4,5)23-25-43-30(2)38/h15,18,32H,8-14,16-17,19-29H2,1-7H3/q+2/t32-/m1/s1. The third kappa shape index (κ3) is 28.9. The lowest BCUT2D eigenvalue weighted by atomic mass is 10.1. The first-order valence-electron chi connectivity index (χ1n) is 17.2. The molecule has 0 aromatic carbocycles. The molecule has 0 saturated carbocycles. The average Bonchev–Trinajstić information content (AvgIpc) is 2.94. The Morgan fingerprint density at radius 2 is 1.15 bits per heavy atom. The van der Waals surface area contributed by atoms with Crippen LogP contribution in [0.2, 0.25) is 0 Å². The fourth-order valence-corrected chi connectivity index (χ4v) is 4.68. The minimum Gasteiger partial charge on any atom is -0.460 e. The Balaban J connectivity index is 4.19. The third-order valence-corrected chi connectivity index (χ3v) is 7.55. The van der Waals surface area contributed by atoms with E-state index < -0.39 is 18.7 Å². The summed E-state index contributed by atoms with van der Waals surface area (Å²) in [7, 11) is 7.49. The number of esters is 5. The van der Waals surface area contributed by atoms with Gasteiger partial charge in [0.25, 0.3) is 0 Å². The maximum atomic E-state index is 12.7. The molecule has 0 aliphatic carbocycles. The smallest absolute Gasteiger partial charge is 0.364 e. The lowest BCUT2D eigenvalue weighted by Gasteiger charge is -2.29. The highest BCUT2D eigenvalue weighted by atomic mass is 16.7. The molecule has 0 N–H and O–H groups in total. The summed E-state index contributed by atoms with van der Waals surface area (Å²) in [5.41, 5.74) is 0. The molecule has 1 atom stereocenters. The fourth-order valence-electron chi connectivity index (χ4n) is 4.68. The molecule has 0 bridgehead atoms. The summed E-state index contributed by atoms with van der Waals surface area (Å²) in [6.07, 6.45) is 16.1. The number of carbonyl (C=O) groups is 5. The van der Waals surface area contributed by atoms with Gasteiger partial charge in [0.1, 0.15) is 32.4 Å². The van der Waals surface area contributed by atoms with Crippen molar-refractivity contribution in [1.82, 2.24) is 0 Å². The normalized spacial score (nSPS) is 12.4. The number of hydrogen-bond donors (Lipinski definition) is 0. The van der Waals surface area contributed by atoms with Crippen LogP contribution in [0.4, 0.5) is 0 Å². The molecule has 0 unspecified atom stereocenters. The van der Waals surface area contributed by atoms with Crippen LogP contribution in [-0.2, 0) is 47.7 Å². The van der Waals surface area contributed by atoms with Crippen LogP contribution < -0.4 is 0 Å². The molecule has 0 aromatic heterocycles. The number of rotatable bonds is 28. The molecule has 0 rings (SSSR count). The van der Waals surface area contributed by atoms with Gasteiger partial charge in [0.15, 0.2) is 13.1 Å². The Morgan fingerprint density at radius 1 is 0.617 bits per heavy atom. The van der Waals surface area contributed by atoms with Gasteiger partial charge in [-0.2, -0.15) is 0 Å². The van der Waals surface area contributed by atoms with Crippen molar-refractivity contribution >= 4 is 29.8 Å². The monoisotopic (exact) mass is 672 g/mol. The Hall–Kier alpha value is -2.99. The van der Waals surface area contributed by atoms with Gasteiger partial charge in [-0.1, -0.05) is 57.6 Å². The molecule has 0 saturated heterocycles. The van der Waals surface area contributed by atoms with E-state index in [1.165, 1.54) is 20.3 Å². The van der Waals surface area contributed by atoms with E-state index in [0.29, 0.717) is 30.4 Å². The van der Waals surface area contributed by atoms with Gasteiger partial charge in [0.2, 0.25) is 6.79 Å². The molecular weight excluding hydrogens is 608 g/mol. The third-order valence-electron chi connectivity index (χ3n) is 7.55. The van der Waals surface area contributed by atoms with Crippen molar-refractivity contribution in [3.8, 4) is 0 Å². The van der Waals surface area contributed by atoms with Gasteiger partial charge in [-0.3, -0.25) is 14.4 Å². The van der Waals surface area contributed by atoms with Crippen LogP contribution in [0.5, 0.6) is 0 Å². The quantitative estimate of drug-likeness (QED) is 0.0283. The summed E-state index contributed by atoms with van der Waals surface area (Å²) < 4.78 is 26.5. The molecule has 12 heteroatoms. The summed E-state index contributed by atoms with van der Waals surface area (Å²) in [6.45, 7) is 6.26. The fraction of sp³-hybridized carbons (Fsp3) is 0.800. The predicted octanol–water partition coefficient (Wildman–Crippen LogP) is 4.87. The number of unbranched alkanes of at least 4 members (excludes halogenated alkanes) is 8. The Morgan fingerprint density at radius 3 is 1.74 bits per heavy atom. The van der Waals surface area contributed by atoms with Gasteiger partial charge in [0, 0.05) is 26.7 Å². The Bertz CT molecular complexity index is 949. The van der Waals surface area contributed by atoms with Gasteiger partial charge in [-0.05, 0) is 32.1 Å². The molecule has 272 valence electrons. The van der Waals surface area contributed by atoms with Gasteiger partial charge >= 0.3 is 29.8 Å². The zero-order valence-electron chi connectivity index (χ0n) is 30.4. The van der Waals surface area contributed by atoms with E-state index in [2.05, 4.69) is 19.1 Å². The molecule has 0 aromatic rings. The second-order valence-corrected chi connectivity index (χ2v) is 13.4. The topological polar surface area (TPSA) is 132 Å². The van der Waals surface area contributed by atoms with Crippen molar-refractivity contribution in [3.05, 3.63) is 12.2 Å². The van der Waals surface area contributed by atoms with E-state index >= 15 is 0 Å². The first-order valence-corrected chi connectivity index (χ1v) is 17.2. The largest absolute Gasteiger partial charge is 0.460 e. The zero-order valence-corrected chi connectivity index (χ0v) is 30.4. The molecule has 0 amide bonds. The minimum absolute atomic E-state index is 0.0697. The van der Waals surface area contributed by atoms with E-state index in [0.717, 1.165) is 57.8 Å². The van der Waals surface area contributed by atoms with Crippen LogP contribution in [0.1, 0.15) is 104 Å². The van der Waals surface area contributed by atoms with E-state index in [9.17, 15) is 24.0 Å². The number of carbonyl (C=O) groups excluding carboxylic acids is 5. The molecule has 12 nitrogen and oxygen atoms in total. The van der Waals surface area contributed by atoms with Gasteiger partial charge < -0.3 is 32.7 Å². The summed E-state index contributed by atoms with van der Waals surface area (Å²) in [6, 6.07) is 0. The van der Waals surface area contributed by atoms with Gasteiger partial charge in [-0.15, -0.1) is 0 Å². The second-order valence-electron chi connectivity index (χ2n) is 13.4. The first-order chi connectivity index (χ1) is 22.2. The highest BCUT2D eigenvalue weighted by molar-refractivity contribution is 5.72. The van der Waals surface area contributed by atoms with Gasteiger partial charge in [0.05, 0.1) is 28.2 Å². The summed E-state index contributed by atoms with van der Waals surface area (Å²) in [4.78, 5) is 58.6. The molecule has 0 aliphatic heterocycles. The summed E-state index contributed by atoms with van der Waals surface area (Å²) in [5, 5.41) is 0. The number of allylic oxidation sites excluding steroid dienone is 1. The van der Waals surface area contributed by atoms with Crippen molar-refractivity contribution in [2.75, 3.05) is 74.4 Å². The van der Waals surface area contributed by atoms with E-state index in [1.807, 2.05) is 28.2 Å². The zero-order chi connectivity index (χ0) is 35.6. The first kappa shape index (κ1) is 44.0. The minimum atomic E-state index is -0.490. The van der Waals surface area contributed by atoms with Crippen molar-refractivity contribution in [2.24, 2.45) is 0 Å². The highest BCUT2D eigenvalue weighted by Crippen LogP contribution is 2.14. The maximum Gasteiger partial charge on any atom is 0.364 e. The highest BCUT2D eigenvalue weighted by Gasteiger charge is 2.24. The average molecular weight is 673 g/mol. The van der Waals surface area contributed by atoms with Crippen LogP contribution >= 0.6 is 0 Å². The molecule has 47 heavy (non-hydrogen) atoms. The number of ether oxygens (including phenoxy) is 5. The molecule has 0 spiro atoms. The van der Waals surface area contributed by atoms with E-state index in [4.69, 9.17) is 23.7 Å². The van der Waals surface area contributed by atoms with Gasteiger partial charge in [-0.25, -0.2) is 9.59 Å². The van der Waals surface area contributed by atoms with E-state index in [1.54, 1.807) is 0 Å². The van der Waals surface area contributed by atoms with Crippen molar-refractivity contribution in [3.63, 3.8) is 0 Å². The van der Waals surface area contributed by atoms with Crippen molar-refractivity contribution in [1.29, 1.82) is 0 Å². The molecule has 0 radical (unpaired) electrons. The SMILES string of the molecule is CCCCCC[C@H](CC=CCCCCCCCC(=O)OCOC(=O)C[N+](C)(C)CCOC(C)=O)OC(=O)C[N+](C)(C)CCOC(C)=O. The molecule has 0 fully saturated rings.